The molecule has 1 rings (SSSR count). The molecule has 1 heterocycles. The molecule has 0 aliphatic rings. The van der Waals surface area contributed by atoms with Crippen LogP contribution in [0.5, 0.6) is 0 Å². The van der Waals surface area contributed by atoms with Gasteiger partial charge in [0.2, 0.25) is 5.89 Å². The molecule has 2 N–H and O–H groups in total. The molecule has 1 unspecified atom stereocenters. The van der Waals surface area contributed by atoms with E-state index in [9.17, 15) is 0 Å². The van der Waals surface area contributed by atoms with Gasteiger partial charge in [-0.3, -0.25) is 0 Å². The van der Waals surface area contributed by atoms with Crippen molar-refractivity contribution in [2.24, 2.45) is 5.73 Å². The number of aromatic nitrogens is 2. The number of hydrogen-bond acceptors (Lipinski definition) is 5. The quantitative estimate of drug-likeness (QED) is 0.811. The van der Waals surface area contributed by atoms with E-state index in [2.05, 4.69) is 24.0 Å². The highest BCUT2D eigenvalue weighted by Crippen LogP contribution is 2.17. The van der Waals surface area contributed by atoms with Gasteiger partial charge in [-0.1, -0.05) is 25.9 Å². The summed E-state index contributed by atoms with van der Waals surface area (Å²) >= 11 is 1.80. The smallest absolute Gasteiger partial charge is 0.230 e. The lowest BCUT2D eigenvalue weighted by Gasteiger charge is -2.00. The van der Waals surface area contributed by atoms with Crippen LogP contribution in [0.4, 0.5) is 0 Å². The molecule has 0 fully saturated rings. The van der Waals surface area contributed by atoms with Crippen LogP contribution < -0.4 is 5.73 Å². The fourth-order valence-electron chi connectivity index (χ4n) is 0.868. The third-order valence-corrected chi connectivity index (χ3v) is 2.90. The average molecular weight is 215 g/mol. The molecule has 0 amide bonds. The van der Waals surface area contributed by atoms with Gasteiger partial charge >= 0.3 is 0 Å². The van der Waals surface area contributed by atoms with E-state index in [-0.39, 0.29) is 5.92 Å². The minimum atomic E-state index is 0.153. The fraction of sp³-hybridized carbons (Fsp3) is 0.778. The molecule has 0 aliphatic heterocycles. The summed E-state index contributed by atoms with van der Waals surface area (Å²) in [6.07, 6.45) is 0. The van der Waals surface area contributed by atoms with Crippen molar-refractivity contribution in [1.82, 2.24) is 10.1 Å². The number of hydrogen-bond donors (Lipinski definition) is 1. The first-order chi connectivity index (χ1) is 6.63. The van der Waals surface area contributed by atoms with Crippen molar-refractivity contribution >= 4 is 11.8 Å². The molecule has 0 radical (unpaired) electrons. The van der Waals surface area contributed by atoms with Gasteiger partial charge in [0.1, 0.15) is 0 Å². The first kappa shape index (κ1) is 11.5. The van der Waals surface area contributed by atoms with Crippen LogP contribution in [0.15, 0.2) is 4.52 Å². The largest absolute Gasteiger partial charge is 0.339 e. The van der Waals surface area contributed by atoms with E-state index in [0.29, 0.717) is 17.7 Å². The highest BCUT2D eigenvalue weighted by molar-refractivity contribution is 7.99. The zero-order valence-electron chi connectivity index (χ0n) is 8.86. The second-order valence-electron chi connectivity index (χ2n) is 3.55. The topological polar surface area (TPSA) is 64.9 Å². The number of nitrogens with two attached hydrogens (primary N) is 1. The van der Waals surface area contributed by atoms with Crippen molar-refractivity contribution in [1.29, 1.82) is 0 Å². The first-order valence-corrected chi connectivity index (χ1v) is 5.82. The third-order valence-electron chi connectivity index (χ3n) is 1.80. The van der Waals surface area contributed by atoms with Crippen molar-refractivity contribution in [3.8, 4) is 0 Å². The van der Waals surface area contributed by atoms with Gasteiger partial charge in [0, 0.05) is 12.5 Å². The van der Waals surface area contributed by atoms with Gasteiger partial charge in [0.05, 0.1) is 5.75 Å². The number of thioether (sulfide) groups is 1. The third kappa shape index (κ3) is 3.31. The molecular weight excluding hydrogens is 198 g/mol. The number of rotatable bonds is 5. The molecule has 0 spiro atoms. The molecule has 0 bridgehead atoms. The van der Waals surface area contributed by atoms with Crippen molar-refractivity contribution < 1.29 is 4.52 Å². The summed E-state index contributed by atoms with van der Waals surface area (Å²) in [5.41, 5.74) is 5.50. The molecule has 0 aromatic carbocycles. The molecule has 0 aliphatic carbocycles. The van der Waals surface area contributed by atoms with Gasteiger partial charge in [-0.25, -0.2) is 0 Å². The summed E-state index contributed by atoms with van der Waals surface area (Å²) < 4.78 is 5.10. The van der Waals surface area contributed by atoms with Crippen LogP contribution in [0.3, 0.4) is 0 Å². The van der Waals surface area contributed by atoms with E-state index in [1.165, 1.54) is 0 Å². The lowest BCUT2D eigenvalue weighted by molar-refractivity contribution is 0.358. The van der Waals surface area contributed by atoms with Gasteiger partial charge in [-0.2, -0.15) is 16.7 Å². The Morgan fingerprint density at radius 2 is 2.14 bits per heavy atom. The molecular formula is C9H17N3OS. The molecule has 14 heavy (non-hydrogen) atoms. The minimum Gasteiger partial charge on any atom is -0.339 e. The van der Waals surface area contributed by atoms with Gasteiger partial charge in [-0.05, 0) is 5.25 Å². The maximum absolute atomic E-state index is 5.50. The van der Waals surface area contributed by atoms with Gasteiger partial charge in [0.15, 0.2) is 5.82 Å². The van der Waals surface area contributed by atoms with Gasteiger partial charge < -0.3 is 10.3 Å². The van der Waals surface area contributed by atoms with Crippen LogP contribution >= 0.6 is 11.8 Å². The van der Waals surface area contributed by atoms with Crippen LogP contribution in [0.1, 0.15) is 38.4 Å². The summed E-state index contributed by atoms with van der Waals surface area (Å²) in [4.78, 5) is 4.27. The highest BCUT2D eigenvalue weighted by atomic mass is 32.2. The molecule has 4 nitrogen and oxygen atoms in total. The summed E-state index contributed by atoms with van der Waals surface area (Å²) in [5, 5.41) is 4.48. The molecule has 0 saturated carbocycles. The van der Waals surface area contributed by atoms with Crippen molar-refractivity contribution in [3.05, 3.63) is 11.7 Å². The van der Waals surface area contributed by atoms with Crippen LogP contribution in [0, 0.1) is 0 Å². The summed E-state index contributed by atoms with van der Waals surface area (Å²) in [7, 11) is 0. The molecule has 0 saturated heterocycles. The van der Waals surface area contributed by atoms with Crippen LogP contribution in [-0.4, -0.2) is 21.9 Å². The Hall–Kier alpha value is -0.550. The van der Waals surface area contributed by atoms with Crippen LogP contribution in [0.2, 0.25) is 0 Å². The van der Waals surface area contributed by atoms with Crippen molar-refractivity contribution in [2.75, 3.05) is 6.54 Å². The molecule has 1 aromatic rings. The van der Waals surface area contributed by atoms with E-state index >= 15 is 0 Å². The van der Waals surface area contributed by atoms with E-state index in [1.807, 2.05) is 6.92 Å². The zero-order chi connectivity index (χ0) is 10.6. The zero-order valence-corrected chi connectivity index (χ0v) is 9.67. The van der Waals surface area contributed by atoms with Gasteiger partial charge in [0.25, 0.3) is 0 Å². The fourth-order valence-corrected chi connectivity index (χ4v) is 1.47. The lowest BCUT2D eigenvalue weighted by atomic mass is 10.2. The van der Waals surface area contributed by atoms with Crippen molar-refractivity contribution in [3.63, 3.8) is 0 Å². The van der Waals surface area contributed by atoms with Crippen molar-refractivity contribution in [2.45, 2.75) is 37.7 Å². The van der Waals surface area contributed by atoms with E-state index < -0.39 is 0 Å². The van der Waals surface area contributed by atoms with Crippen LogP contribution in [-0.2, 0) is 5.75 Å². The highest BCUT2D eigenvalue weighted by Gasteiger charge is 2.12. The van der Waals surface area contributed by atoms with Crippen LogP contribution in [0.25, 0.3) is 0 Å². The summed E-state index contributed by atoms with van der Waals surface area (Å²) in [6, 6.07) is 0. The minimum absolute atomic E-state index is 0.153. The Kier molecular flexibility index (Phi) is 4.41. The standard InChI is InChI=1S/C9H17N3OS/c1-6(2)14-5-8-11-9(13-12-8)7(3)4-10/h6-7H,4-5,10H2,1-3H3. The normalized spacial score (nSPS) is 13.5. The molecule has 1 atom stereocenters. The van der Waals surface area contributed by atoms with E-state index in [4.69, 9.17) is 10.3 Å². The first-order valence-electron chi connectivity index (χ1n) is 4.77. The SMILES string of the molecule is CC(C)SCc1noc(C(C)CN)n1. The lowest BCUT2D eigenvalue weighted by Crippen LogP contribution is -2.09. The van der Waals surface area contributed by atoms with Gasteiger partial charge in [-0.15, -0.1) is 0 Å². The Labute approximate surface area is 88.6 Å². The summed E-state index contributed by atoms with van der Waals surface area (Å²) in [5.74, 6) is 2.37. The Bertz CT molecular complexity index is 275. The second kappa shape index (κ2) is 5.36. The second-order valence-corrected chi connectivity index (χ2v) is 5.11. The predicted octanol–water partition coefficient (Wildman–Crippen LogP) is 1.77. The Balaban J connectivity index is 2.50. The maximum Gasteiger partial charge on any atom is 0.230 e. The summed E-state index contributed by atoms with van der Waals surface area (Å²) in [6.45, 7) is 6.81. The monoisotopic (exact) mass is 215 g/mol. The molecule has 1 aromatic heterocycles. The average Bonchev–Trinajstić information content (AvgIpc) is 2.62. The van der Waals surface area contributed by atoms with E-state index in [1.54, 1.807) is 11.8 Å². The maximum atomic E-state index is 5.50. The Morgan fingerprint density at radius 1 is 1.43 bits per heavy atom. The van der Waals surface area contributed by atoms with E-state index in [0.717, 1.165) is 11.6 Å². The molecule has 5 heteroatoms. The molecule has 80 valence electrons. The number of nitrogens with zero attached hydrogens (tertiary/aromatic N) is 2. The predicted molar refractivity (Wildman–Crippen MR) is 58.2 cm³/mol. The Morgan fingerprint density at radius 3 is 2.71 bits per heavy atom.